The lowest BCUT2D eigenvalue weighted by atomic mass is 10.2. The number of rotatable bonds is 4. The van der Waals surface area contributed by atoms with Crippen molar-refractivity contribution in [1.82, 2.24) is 4.90 Å². The predicted octanol–water partition coefficient (Wildman–Crippen LogP) is 2.75. The van der Waals surface area contributed by atoms with Gasteiger partial charge in [0.25, 0.3) is 15.9 Å². The van der Waals surface area contributed by atoms with Crippen molar-refractivity contribution >= 4 is 33.2 Å². The van der Waals surface area contributed by atoms with Gasteiger partial charge in [-0.25, -0.2) is 12.8 Å². The summed E-state index contributed by atoms with van der Waals surface area (Å²) < 4.78 is 45.8. The molecule has 0 spiro atoms. The molecule has 9 heteroatoms. The Morgan fingerprint density at radius 2 is 1.77 bits per heavy atom. The molecule has 3 rings (SSSR count). The second kappa shape index (κ2) is 7.61. The molecule has 26 heavy (non-hydrogen) atoms. The Hall–Kier alpha value is -2.16. The molecule has 2 aromatic carbocycles. The molecule has 2 aromatic rings. The molecule has 0 saturated carbocycles. The Kier molecular flexibility index (Phi) is 5.45. The molecular weight excluding hydrogens is 383 g/mol. The maximum atomic E-state index is 13.0. The summed E-state index contributed by atoms with van der Waals surface area (Å²) in [6.07, 6.45) is 0. The van der Waals surface area contributed by atoms with Crippen LogP contribution in [-0.2, 0) is 14.8 Å². The monoisotopic (exact) mass is 398 g/mol. The molecule has 0 unspecified atom stereocenters. The molecule has 0 atom stereocenters. The van der Waals surface area contributed by atoms with E-state index >= 15 is 0 Å². The van der Waals surface area contributed by atoms with E-state index in [1.54, 1.807) is 4.90 Å². The lowest BCUT2D eigenvalue weighted by Gasteiger charge is -2.27. The van der Waals surface area contributed by atoms with Crippen molar-refractivity contribution < 1.29 is 22.3 Å². The number of benzene rings is 2. The minimum Gasteiger partial charge on any atom is -0.378 e. The van der Waals surface area contributed by atoms with Crippen molar-refractivity contribution in [1.29, 1.82) is 0 Å². The highest BCUT2D eigenvalue weighted by Gasteiger charge is 2.23. The Morgan fingerprint density at radius 1 is 1.12 bits per heavy atom. The van der Waals surface area contributed by atoms with Gasteiger partial charge in [-0.3, -0.25) is 9.52 Å². The van der Waals surface area contributed by atoms with Crippen LogP contribution in [0.15, 0.2) is 47.4 Å². The number of halogens is 2. The summed E-state index contributed by atoms with van der Waals surface area (Å²) >= 11 is 6.04. The van der Waals surface area contributed by atoms with Crippen LogP contribution in [0.4, 0.5) is 10.1 Å². The van der Waals surface area contributed by atoms with E-state index in [1.807, 2.05) is 0 Å². The minimum absolute atomic E-state index is 0.0156. The number of carbonyl (C=O) groups is 1. The lowest BCUT2D eigenvalue weighted by molar-refractivity contribution is 0.0302. The Morgan fingerprint density at radius 3 is 2.42 bits per heavy atom. The molecule has 0 bridgehead atoms. The molecule has 0 aliphatic carbocycles. The summed E-state index contributed by atoms with van der Waals surface area (Å²) in [4.78, 5) is 13.9. The quantitative estimate of drug-likeness (QED) is 0.859. The van der Waals surface area contributed by atoms with Gasteiger partial charge in [0.05, 0.1) is 18.2 Å². The number of ether oxygens (including phenoxy) is 1. The van der Waals surface area contributed by atoms with Crippen molar-refractivity contribution in [2.24, 2.45) is 0 Å². The third-order valence-corrected chi connectivity index (χ3v) is 5.73. The zero-order chi connectivity index (χ0) is 18.7. The Labute approximate surface area is 155 Å². The largest absolute Gasteiger partial charge is 0.378 e. The zero-order valence-electron chi connectivity index (χ0n) is 13.6. The standard InChI is InChI=1S/C17H16ClFN2O4S/c18-15-6-1-12(17(22)21-7-9-25-10-8-21)11-16(15)26(23,24)20-14-4-2-13(19)3-5-14/h1-6,11,20H,7-10H2. The van der Waals surface area contributed by atoms with E-state index in [9.17, 15) is 17.6 Å². The van der Waals surface area contributed by atoms with Crippen LogP contribution in [0.25, 0.3) is 0 Å². The van der Waals surface area contributed by atoms with Gasteiger partial charge in [0.15, 0.2) is 0 Å². The molecule has 1 fully saturated rings. The van der Waals surface area contributed by atoms with Crippen LogP contribution in [0.5, 0.6) is 0 Å². The van der Waals surface area contributed by atoms with Gasteiger partial charge in [0, 0.05) is 24.3 Å². The lowest BCUT2D eigenvalue weighted by Crippen LogP contribution is -2.40. The molecule has 1 aliphatic rings. The smallest absolute Gasteiger partial charge is 0.263 e. The minimum atomic E-state index is -4.04. The number of anilines is 1. The number of hydrogen-bond donors (Lipinski definition) is 1. The number of nitrogens with one attached hydrogen (secondary N) is 1. The number of carbonyl (C=O) groups excluding carboxylic acids is 1. The molecule has 1 heterocycles. The summed E-state index contributed by atoms with van der Waals surface area (Å²) in [6, 6.07) is 8.96. The second-order valence-corrected chi connectivity index (χ2v) is 7.72. The summed E-state index contributed by atoms with van der Waals surface area (Å²) in [7, 11) is -4.04. The van der Waals surface area contributed by atoms with E-state index in [4.69, 9.17) is 16.3 Å². The maximum absolute atomic E-state index is 13.0. The first kappa shape index (κ1) is 18.6. The van der Waals surface area contributed by atoms with Gasteiger partial charge in [-0.05, 0) is 42.5 Å². The molecule has 1 amide bonds. The molecule has 1 aliphatic heterocycles. The molecule has 6 nitrogen and oxygen atoms in total. The van der Waals surface area contributed by atoms with Crippen LogP contribution >= 0.6 is 11.6 Å². The van der Waals surface area contributed by atoms with Gasteiger partial charge in [0.1, 0.15) is 10.7 Å². The summed E-state index contributed by atoms with van der Waals surface area (Å²) in [6.45, 7) is 1.77. The van der Waals surface area contributed by atoms with Crippen LogP contribution < -0.4 is 4.72 Å². The molecule has 1 saturated heterocycles. The fourth-order valence-corrected chi connectivity index (χ4v) is 4.10. The highest BCUT2D eigenvalue weighted by Crippen LogP contribution is 2.26. The number of morpholine rings is 1. The van der Waals surface area contributed by atoms with Gasteiger partial charge in [0.2, 0.25) is 0 Å². The number of amides is 1. The third-order valence-electron chi connectivity index (χ3n) is 3.86. The first-order chi connectivity index (χ1) is 12.4. The van der Waals surface area contributed by atoms with Crippen LogP contribution in [0.1, 0.15) is 10.4 Å². The number of hydrogen-bond acceptors (Lipinski definition) is 4. The Bertz CT molecular complexity index is 913. The van der Waals surface area contributed by atoms with Crippen LogP contribution in [-0.4, -0.2) is 45.5 Å². The van der Waals surface area contributed by atoms with E-state index in [2.05, 4.69) is 4.72 Å². The Balaban J connectivity index is 1.88. The first-order valence-corrected chi connectivity index (χ1v) is 9.68. The zero-order valence-corrected chi connectivity index (χ0v) is 15.2. The van der Waals surface area contributed by atoms with E-state index in [1.165, 1.54) is 30.3 Å². The van der Waals surface area contributed by atoms with Crippen molar-refractivity contribution in [3.63, 3.8) is 0 Å². The van der Waals surface area contributed by atoms with Gasteiger partial charge < -0.3 is 9.64 Å². The van der Waals surface area contributed by atoms with Gasteiger partial charge >= 0.3 is 0 Å². The van der Waals surface area contributed by atoms with Gasteiger partial charge in [-0.1, -0.05) is 11.6 Å². The van der Waals surface area contributed by atoms with Crippen LogP contribution in [0, 0.1) is 5.82 Å². The fourth-order valence-electron chi connectivity index (χ4n) is 2.52. The predicted molar refractivity (Wildman–Crippen MR) is 95.4 cm³/mol. The summed E-state index contributed by atoms with van der Waals surface area (Å²) in [5.74, 6) is -0.771. The topological polar surface area (TPSA) is 75.7 Å². The highest BCUT2D eigenvalue weighted by molar-refractivity contribution is 7.92. The highest BCUT2D eigenvalue weighted by atomic mass is 35.5. The average molecular weight is 399 g/mol. The molecule has 0 radical (unpaired) electrons. The van der Waals surface area contributed by atoms with Crippen molar-refractivity contribution in [2.75, 3.05) is 31.0 Å². The third kappa shape index (κ3) is 4.14. The second-order valence-electron chi connectivity index (χ2n) is 5.66. The van der Waals surface area contributed by atoms with E-state index in [-0.39, 0.29) is 27.1 Å². The molecule has 0 aromatic heterocycles. The molecule has 138 valence electrons. The number of nitrogens with zero attached hydrogens (tertiary/aromatic N) is 1. The first-order valence-electron chi connectivity index (χ1n) is 7.82. The summed E-state index contributed by atoms with van der Waals surface area (Å²) in [5, 5.41) is -0.0156. The molecular formula is C17H16ClFN2O4S. The van der Waals surface area contributed by atoms with Crippen molar-refractivity contribution in [3.8, 4) is 0 Å². The van der Waals surface area contributed by atoms with E-state index in [0.717, 1.165) is 12.1 Å². The van der Waals surface area contributed by atoms with E-state index < -0.39 is 15.8 Å². The SMILES string of the molecule is O=C(c1ccc(Cl)c(S(=O)(=O)Nc2ccc(F)cc2)c1)N1CCOCC1. The van der Waals surface area contributed by atoms with Crippen LogP contribution in [0.2, 0.25) is 5.02 Å². The molecule has 1 N–H and O–H groups in total. The number of sulfonamides is 1. The van der Waals surface area contributed by atoms with E-state index in [0.29, 0.717) is 26.3 Å². The summed E-state index contributed by atoms with van der Waals surface area (Å²) in [5.41, 5.74) is 0.406. The fraction of sp³-hybridized carbons (Fsp3) is 0.235. The van der Waals surface area contributed by atoms with Gasteiger partial charge in [-0.2, -0.15) is 0 Å². The normalized spacial score (nSPS) is 14.9. The van der Waals surface area contributed by atoms with Crippen LogP contribution in [0.3, 0.4) is 0 Å². The van der Waals surface area contributed by atoms with Gasteiger partial charge in [-0.15, -0.1) is 0 Å². The maximum Gasteiger partial charge on any atom is 0.263 e. The van der Waals surface area contributed by atoms with Crippen molar-refractivity contribution in [3.05, 3.63) is 58.9 Å². The van der Waals surface area contributed by atoms with Crippen molar-refractivity contribution in [2.45, 2.75) is 4.90 Å². The average Bonchev–Trinajstić information content (AvgIpc) is 2.64.